The van der Waals surface area contributed by atoms with Gasteiger partial charge in [0.1, 0.15) is 5.82 Å². The topological polar surface area (TPSA) is 87.2 Å². The van der Waals surface area contributed by atoms with Crippen molar-refractivity contribution in [2.24, 2.45) is 5.10 Å². The third-order valence-corrected chi connectivity index (χ3v) is 5.19. The molecule has 0 saturated heterocycles. The number of H-pyrrole nitrogens is 1. The standard InChI is InChI=1S/C19H19FN4O2S/c1-2-3-14-4-10-18(11-5-14)27(25,26)24-22-13-16-12-21-23-19(16)15-6-8-17(20)9-7-15/h4-13,24H,2-3H2,1H3,(H,21,23). The van der Waals surface area contributed by atoms with Crippen molar-refractivity contribution < 1.29 is 12.8 Å². The summed E-state index contributed by atoms with van der Waals surface area (Å²) in [6, 6.07) is 12.6. The largest absolute Gasteiger partial charge is 0.277 e. The Balaban J connectivity index is 1.74. The Hall–Kier alpha value is -3.00. The first-order valence-corrected chi connectivity index (χ1v) is 9.91. The summed E-state index contributed by atoms with van der Waals surface area (Å²) in [7, 11) is -3.76. The van der Waals surface area contributed by atoms with Gasteiger partial charge in [0.2, 0.25) is 0 Å². The Morgan fingerprint density at radius 1 is 1.15 bits per heavy atom. The molecule has 2 aromatic carbocycles. The number of hydrazone groups is 1. The number of aromatic amines is 1. The molecule has 0 bridgehead atoms. The van der Waals surface area contributed by atoms with E-state index in [1.807, 2.05) is 0 Å². The molecule has 27 heavy (non-hydrogen) atoms. The normalized spacial score (nSPS) is 11.8. The van der Waals surface area contributed by atoms with Crippen molar-refractivity contribution in [2.45, 2.75) is 24.7 Å². The molecule has 1 heterocycles. The van der Waals surface area contributed by atoms with Crippen molar-refractivity contribution in [1.82, 2.24) is 15.0 Å². The van der Waals surface area contributed by atoms with Crippen molar-refractivity contribution in [3.05, 3.63) is 71.7 Å². The first-order valence-electron chi connectivity index (χ1n) is 8.42. The number of aromatic nitrogens is 2. The lowest BCUT2D eigenvalue weighted by Crippen LogP contribution is -2.18. The lowest BCUT2D eigenvalue weighted by atomic mass is 10.1. The maximum atomic E-state index is 13.1. The predicted molar refractivity (Wildman–Crippen MR) is 102 cm³/mol. The smallest absolute Gasteiger partial charge is 0.276 e. The maximum Gasteiger partial charge on any atom is 0.276 e. The van der Waals surface area contributed by atoms with Crippen LogP contribution in [0.5, 0.6) is 0 Å². The molecule has 1 aromatic heterocycles. The average molecular weight is 386 g/mol. The monoisotopic (exact) mass is 386 g/mol. The Morgan fingerprint density at radius 3 is 2.52 bits per heavy atom. The van der Waals surface area contributed by atoms with E-state index in [-0.39, 0.29) is 10.7 Å². The van der Waals surface area contributed by atoms with E-state index in [0.717, 1.165) is 18.4 Å². The minimum absolute atomic E-state index is 0.144. The van der Waals surface area contributed by atoms with Crippen molar-refractivity contribution in [3.8, 4) is 11.3 Å². The van der Waals surface area contributed by atoms with Gasteiger partial charge in [-0.25, -0.2) is 9.22 Å². The second-order valence-electron chi connectivity index (χ2n) is 5.95. The van der Waals surface area contributed by atoms with Gasteiger partial charge in [-0.05, 0) is 48.4 Å². The number of aryl methyl sites for hydroxylation is 1. The summed E-state index contributed by atoms with van der Waals surface area (Å²) in [5.74, 6) is -0.341. The highest BCUT2D eigenvalue weighted by atomic mass is 32.2. The summed E-state index contributed by atoms with van der Waals surface area (Å²) in [4.78, 5) is 2.34. The van der Waals surface area contributed by atoms with Gasteiger partial charge in [0.05, 0.1) is 23.0 Å². The molecule has 140 valence electrons. The van der Waals surface area contributed by atoms with Gasteiger partial charge in [-0.1, -0.05) is 25.5 Å². The molecule has 0 saturated carbocycles. The Labute approximate surface area is 157 Å². The van der Waals surface area contributed by atoms with Crippen LogP contribution in [0.4, 0.5) is 4.39 Å². The Kier molecular flexibility index (Phi) is 5.66. The van der Waals surface area contributed by atoms with Crippen molar-refractivity contribution >= 4 is 16.2 Å². The van der Waals surface area contributed by atoms with Gasteiger partial charge in [-0.15, -0.1) is 0 Å². The lowest BCUT2D eigenvalue weighted by Gasteiger charge is -2.05. The minimum atomic E-state index is -3.76. The highest BCUT2D eigenvalue weighted by molar-refractivity contribution is 7.89. The molecule has 0 radical (unpaired) electrons. The fraction of sp³-hybridized carbons (Fsp3) is 0.158. The fourth-order valence-corrected chi connectivity index (χ4v) is 3.37. The highest BCUT2D eigenvalue weighted by Crippen LogP contribution is 2.20. The average Bonchev–Trinajstić information content (AvgIpc) is 3.11. The van der Waals surface area contributed by atoms with Crippen LogP contribution < -0.4 is 4.83 Å². The van der Waals surface area contributed by atoms with E-state index < -0.39 is 10.0 Å². The molecule has 0 atom stereocenters. The van der Waals surface area contributed by atoms with Crippen LogP contribution in [-0.4, -0.2) is 24.8 Å². The van der Waals surface area contributed by atoms with Gasteiger partial charge < -0.3 is 0 Å². The van der Waals surface area contributed by atoms with Crippen LogP contribution in [0.25, 0.3) is 11.3 Å². The van der Waals surface area contributed by atoms with Crippen LogP contribution in [0.3, 0.4) is 0 Å². The molecule has 0 aliphatic rings. The molecule has 2 N–H and O–H groups in total. The summed E-state index contributed by atoms with van der Waals surface area (Å²) >= 11 is 0. The zero-order valence-electron chi connectivity index (χ0n) is 14.7. The quantitative estimate of drug-likeness (QED) is 0.481. The highest BCUT2D eigenvalue weighted by Gasteiger charge is 2.13. The Bertz CT molecular complexity index is 1030. The molecule has 0 spiro atoms. The van der Waals surface area contributed by atoms with E-state index in [1.165, 1.54) is 24.5 Å². The van der Waals surface area contributed by atoms with Gasteiger partial charge in [0.25, 0.3) is 10.0 Å². The van der Waals surface area contributed by atoms with Gasteiger partial charge in [0, 0.05) is 11.1 Å². The van der Waals surface area contributed by atoms with Gasteiger partial charge in [0.15, 0.2) is 0 Å². The number of sulfonamides is 1. The van der Waals surface area contributed by atoms with Crippen LogP contribution in [0.1, 0.15) is 24.5 Å². The lowest BCUT2D eigenvalue weighted by molar-refractivity contribution is 0.584. The first-order chi connectivity index (χ1) is 13.0. The second kappa shape index (κ2) is 8.13. The van der Waals surface area contributed by atoms with E-state index in [9.17, 15) is 12.8 Å². The second-order valence-corrected chi connectivity index (χ2v) is 7.61. The third-order valence-electron chi connectivity index (χ3n) is 3.95. The fourth-order valence-electron chi connectivity index (χ4n) is 2.58. The number of halogens is 1. The van der Waals surface area contributed by atoms with Crippen molar-refractivity contribution in [2.75, 3.05) is 0 Å². The maximum absolute atomic E-state index is 13.1. The number of rotatable bonds is 7. The molecule has 3 aromatic rings. The zero-order valence-corrected chi connectivity index (χ0v) is 15.5. The molecule has 0 fully saturated rings. The van der Waals surface area contributed by atoms with Crippen LogP contribution >= 0.6 is 0 Å². The summed E-state index contributed by atoms with van der Waals surface area (Å²) in [6.07, 6.45) is 4.76. The summed E-state index contributed by atoms with van der Waals surface area (Å²) < 4.78 is 37.7. The minimum Gasteiger partial charge on any atom is -0.277 e. The number of nitrogens with zero attached hydrogens (tertiary/aromatic N) is 2. The molecule has 3 rings (SSSR count). The Morgan fingerprint density at radius 2 is 1.85 bits per heavy atom. The van der Waals surface area contributed by atoms with Gasteiger partial charge >= 0.3 is 0 Å². The van der Waals surface area contributed by atoms with E-state index in [4.69, 9.17) is 0 Å². The van der Waals surface area contributed by atoms with Gasteiger partial charge in [-0.2, -0.15) is 18.6 Å². The number of benzene rings is 2. The molecule has 6 nitrogen and oxygen atoms in total. The number of hydrogen-bond donors (Lipinski definition) is 2. The molecule has 0 unspecified atom stereocenters. The van der Waals surface area contributed by atoms with Crippen LogP contribution in [0.15, 0.2) is 64.7 Å². The molecule has 0 aliphatic heterocycles. The summed E-state index contributed by atoms with van der Waals surface area (Å²) in [5, 5.41) is 10.6. The van der Waals surface area contributed by atoms with Crippen LogP contribution in [0.2, 0.25) is 0 Å². The molecule has 8 heteroatoms. The first kappa shape index (κ1) is 18.8. The SMILES string of the molecule is CCCc1ccc(S(=O)(=O)NN=Cc2cn[nH]c2-c2ccc(F)cc2)cc1. The van der Waals surface area contributed by atoms with Crippen molar-refractivity contribution in [3.63, 3.8) is 0 Å². The number of hydrogen-bond acceptors (Lipinski definition) is 4. The van der Waals surface area contributed by atoms with Crippen molar-refractivity contribution in [1.29, 1.82) is 0 Å². The van der Waals surface area contributed by atoms with Crippen LogP contribution in [-0.2, 0) is 16.4 Å². The van der Waals surface area contributed by atoms with E-state index in [1.54, 1.807) is 36.4 Å². The zero-order chi connectivity index (χ0) is 19.3. The molecule has 0 amide bonds. The molecule has 0 aliphatic carbocycles. The molecular weight excluding hydrogens is 367 g/mol. The number of nitrogens with one attached hydrogen (secondary N) is 2. The van der Waals surface area contributed by atoms with Gasteiger partial charge in [-0.3, -0.25) is 5.10 Å². The van der Waals surface area contributed by atoms with E-state index >= 15 is 0 Å². The summed E-state index contributed by atoms with van der Waals surface area (Å²) in [5.41, 5.74) is 2.98. The molecular formula is C19H19FN4O2S. The summed E-state index contributed by atoms with van der Waals surface area (Å²) in [6.45, 7) is 2.07. The van der Waals surface area contributed by atoms with Crippen LogP contribution in [0, 0.1) is 5.82 Å². The van der Waals surface area contributed by atoms with E-state index in [0.29, 0.717) is 16.8 Å². The predicted octanol–water partition coefficient (Wildman–Crippen LogP) is 3.48. The van der Waals surface area contributed by atoms with E-state index in [2.05, 4.69) is 27.1 Å². The third kappa shape index (κ3) is 4.59.